The summed E-state index contributed by atoms with van der Waals surface area (Å²) < 4.78 is 0. The number of likely N-dealkylation sites (tertiary alicyclic amines) is 1. The van der Waals surface area contributed by atoms with Crippen LogP contribution in [0.4, 0.5) is 0 Å². The van der Waals surface area contributed by atoms with Gasteiger partial charge in [0, 0.05) is 26.1 Å². The van der Waals surface area contributed by atoms with Crippen molar-refractivity contribution >= 4 is 5.91 Å². The Morgan fingerprint density at radius 3 is 2.67 bits per heavy atom. The van der Waals surface area contributed by atoms with Gasteiger partial charge in [-0.3, -0.25) is 10.2 Å². The molecule has 0 unspecified atom stereocenters. The molecule has 0 atom stereocenters. The molecule has 0 saturated carbocycles. The second kappa shape index (κ2) is 6.76. The molecule has 1 rings (SSSR count). The van der Waals surface area contributed by atoms with Crippen molar-refractivity contribution in [1.29, 1.82) is 0 Å². The molecule has 3 N–H and O–H groups in total. The van der Waals surface area contributed by atoms with Crippen LogP contribution in [-0.2, 0) is 4.79 Å². The van der Waals surface area contributed by atoms with E-state index >= 15 is 0 Å². The minimum absolute atomic E-state index is 0.0944. The predicted octanol–water partition coefficient (Wildman–Crippen LogP) is -0.606. The van der Waals surface area contributed by atoms with Gasteiger partial charge in [-0.15, -0.1) is 0 Å². The Morgan fingerprint density at radius 2 is 2.07 bits per heavy atom. The quantitative estimate of drug-likeness (QED) is 0.352. The number of hydrogen-bond acceptors (Lipinski definition) is 4. The summed E-state index contributed by atoms with van der Waals surface area (Å²) in [6.07, 6.45) is 3.14. The van der Waals surface area contributed by atoms with Crippen LogP contribution in [0, 0.1) is 0 Å². The zero-order valence-corrected chi connectivity index (χ0v) is 9.54. The molecular formula is C10H22N4O. The average molecular weight is 214 g/mol. The number of nitrogens with two attached hydrogens (primary N) is 1. The molecule has 0 aromatic rings. The highest BCUT2D eigenvalue weighted by Crippen LogP contribution is 2.06. The SMILES string of the molecule is CN(CCC(=O)NN)CCN1CCCC1. The van der Waals surface area contributed by atoms with Crippen LogP contribution in [0.1, 0.15) is 19.3 Å². The molecule has 0 aromatic carbocycles. The minimum Gasteiger partial charge on any atom is -0.305 e. The van der Waals surface area contributed by atoms with Crippen molar-refractivity contribution in [2.45, 2.75) is 19.3 Å². The molecule has 1 heterocycles. The zero-order valence-electron chi connectivity index (χ0n) is 9.54. The van der Waals surface area contributed by atoms with Gasteiger partial charge < -0.3 is 9.80 Å². The molecule has 0 radical (unpaired) electrons. The monoisotopic (exact) mass is 214 g/mol. The third-order valence-corrected chi connectivity index (χ3v) is 2.88. The van der Waals surface area contributed by atoms with Crippen LogP contribution in [0.25, 0.3) is 0 Å². The number of carbonyl (C=O) groups is 1. The summed E-state index contributed by atoms with van der Waals surface area (Å²) in [7, 11) is 2.04. The lowest BCUT2D eigenvalue weighted by Gasteiger charge is -2.20. The maximum atomic E-state index is 10.9. The molecule has 1 aliphatic rings. The van der Waals surface area contributed by atoms with Gasteiger partial charge in [-0.2, -0.15) is 0 Å². The van der Waals surface area contributed by atoms with Gasteiger partial charge in [-0.05, 0) is 33.0 Å². The first-order valence-electron chi connectivity index (χ1n) is 5.62. The van der Waals surface area contributed by atoms with Crippen molar-refractivity contribution in [2.24, 2.45) is 5.84 Å². The van der Waals surface area contributed by atoms with Crippen molar-refractivity contribution in [3.05, 3.63) is 0 Å². The third-order valence-electron chi connectivity index (χ3n) is 2.88. The number of amides is 1. The molecule has 15 heavy (non-hydrogen) atoms. The Kier molecular flexibility index (Phi) is 5.60. The molecule has 88 valence electrons. The Morgan fingerprint density at radius 1 is 1.40 bits per heavy atom. The molecule has 1 fully saturated rings. The van der Waals surface area contributed by atoms with Gasteiger partial charge in [0.25, 0.3) is 0 Å². The van der Waals surface area contributed by atoms with Gasteiger partial charge >= 0.3 is 0 Å². The van der Waals surface area contributed by atoms with E-state index in [1.807, 2.05) is 7.05 Å². The van der Waals surface area contributed by atoms with Gasteiger partial charge in [-0.1, -0.05) is 0 Å². The Balaban J connectivity index is 2.02. The summed E-state index contributed by atoms with van der Waals surface area (Å²) in [6.45, 7) is 5.38. The highest BCUT2D eigenvalue weighted by atomic mass is 16.2. The van der Waals surface area contributed by atoms with Crippen LogP contribution >= 0.6 is 0 Å². The summed E-state index contributed by atoms with van der Waals surface area (Å²) >= 11 is 0. The highest BCUT2D eigenvalue weighted by Gasteiger charge is 2.11. The fourth-order valence-electron chi connectivity index (χ4n) is 1.79. The van der Waals surface area contributed by atoms with E-state index in [0.717, 1.165) is 19.6 Å². The Labute approximate surface area is 91.6 Å². The van der Waals surface area contributed by atoms with Crippen LogP contribution in [-0.4, -0.2) is 55.5 Å². The highest BCUT2D eigenvalue weighted by molar-refractivity contribution is 5.75. The molecule has 5 nitrogen and oxygen atoms in total. The molecule has 1 saturated heterocycles. The van der Waals surface area contributed by atoms with E-state index in [-0.39, 0.29) is 5.91 Å². The van der Waals surface area contributed by atoms with Crippen molar-refractivity contribution in [1.82, 2.24) is 15.2 Å². The van der Waals surface area contributed by atoms with Crippen LogP contribution in [0.2, 0.25) is 0 Å². The maximum absolute atomic E-state index is 10.9. The number of likely N-dealkylation sites (N-methyl/N-ethyl adjacent to an activating group) is 1. The van der Waals surface area contributed by atoms with Crippen LogP contribution in [0.3, 0.4) is 0 Å². The van der Waals surface area contributed by atoms with E-state index in [2.05, 4.69) is 15.2 Å². The predicted molar refractivity (Wildman–Crippen MR) is 60.1 cm³/mol. The maximum Gasteiger partial charge on any atom is 0.235 e. The van der Waals surface area contributed by atoms with Crippen molar-refractivity contribution < 1.29 is 4.79 Å². The van der Waals surface area contributed by atoms with Gasteiger partial charge in [0.15, 0.2) is 0 Å². The first kappa shape index (κ1) is 12.4. The van der Waals surface area contributed by atoms with Gasteiger partial charge in [-0.25, -0.2) is 5.84 Å². The normalized spacial score (nSPS) is 17.3. The topological polar surface area (TPSA) is 61.6 Å². The summed E-state index contributed by atoms with van der Waals surface area (Å²) in [5.41, 5.74) is 2.14. The van der Waals surface area contributed by atoms with E-state index in [0.29, 0.717) is 6.42 Å². The smallest absolute Gasteiger partial charge is 0.235 e. The van der Waals surface area contributed by atoms with Crippen LogP contribution < -0.4 is 11.3 Å². The van der Waals surface area contributed by atoms with Gasteiger partial charge in [0.05, 0.1) is 0 Å². The lowest BCUT2D eigenvalue weighted by atomic mass is 10.3. The molecule has 0 spiro atoms. The minimum atomic E-state index is -0.0944. The first-order valence-corrected chi connectivity index (χ1v) is 5.62. The molecule has 0 aliphatic carbocycles. The number of hydrazine groups is 1. The summed E-state index contributed by atoms with van der Waals surface area (Å²) in [5, 5.41) is 0. The fraction of sp³-hybridized carbons (Fsp3) is 0.900. The van der Waals surface area contributed by atoms with Crippen molar-refractivity contribution in [3.63, 3.8) is 0 Å². The summed E-state index contributed by atoms with van der Waals surface area (Å²) in [5.74, 6) is 4.91. The van der Waals surface area contributed by atoms with E-state index in [1.54, 1.807) is 0 Å². The Bertz CT molecular complexity index is 192. The van der Waals surface area contributed by atoms with Gasteiger partial charge in [0.2, 0.25) is 5.91 Å². The second-order valence-corrected chi connectivity index (χ2v) is 4.17. The van der Waals surface area contributed by atoms with E-state index in [9.17, 15) is 4.79 Å². The number of hydrogen-bond donors (Lipinski definition) is 2. The average Bonchev–Trinajstić information content (AvgIpc) is 2.75. The van der Waals surface area contributed by atoms with E-state index < -0.39 is 0 Å². The standard InChI is InChI=1S/C10H22N4O/c1-13(7-4-10(15)12-11)8-9-14-5-2-3-6-14/h2-9,11H2,1H3,(H,12,15). The molecular weight excluding hydrogens is 192 g/mol. The van der Waals surface area contributed by atoms with E-state index in [4.69, 9.17) is 5.84 Å². The largest absolute Gasteiger partial charge is 0.305 e. The van der Waals surface area contributed by atoms with Crippen LogP contribution in [0.5, 0.6) is 0 Å². The lowest BCUT2D eigenvalue weighted by Crippen LogP contribution is -2.36. The molecule has 0 aromatic heterocycles. The van der Waals surface area contributed by atoms with E-state index in [1.165, 1.54) is 25.9 Å². The van der Waals surface area contributed by atoms with Crippen molar-refractivity contribution in [3.8, 4) is 0 Å². The lowest BCUT2D eigenvalue weighted by molar-refractivity contribution is -0.121. The van der Waals surface area contributed by atoms with Crippen LogP contribution in [0.15, 0.2) is 0 Å². The third kappa shape index (κ3) is 5.11. The summed E-state index contributed by atoms with van der Waals surface area (Å²) in [6, 6.07) is 0. The zero-order chi connectivity index (χ0) is 11.1. The first-order chi connectivity index (χ1) is 7.22. The number of carbonyl (C=O) groups excluding carboxylic acids is 1. The Hall–Kier alpha value is -0.650. The number of nitrogens with zero attached hydrogens (tertiary/aromatic N) is 2. The number of rotatable bonds is 6. The van der Waals surface area contributed by atoms with Gasteiger partial charge in [0.1, 0.15) is 0 Å². The second-order valence-electron chi connectivity index (χ2n) is 4.17. The summed E-state index contributed by atoms with van der Waals surface area (Å²) in [4.78, 5) is 15.5. The molecule has 1 amide bonds. The molecule has 0 bridgehead atoms. The molecule has 1 aliphatic heterocycles. The number of nitrogens with one attached hydrogen (secondary N) is 1. The molecule has 5 heteroatoms. The van der Waals surface area contributed by atoms with Crippen molar-refractivity contribution in [2.75, 3.05) is 39.8 Å². The fourth-order valence-corrected chi connectivity index (χ4v) is 1.79.